The highest BCUT2D eigenvalue weighted by molar-refractivity contribution is 9.09. The molecule has 1 aliphatic rings. The molecule has 17 heavy (non-hydrogen) atoms. The summed E-state index contributed by atoms with van der Waals surface area (Å²) in [5.74, 6) is 2.30. The minimum absolute atomic E-state index is 0.660. The molecule has 1 aliphatic carbocycles. The molecule has 0 spiro atoms. The van der Waals surface area contributed by atoms with E-state index in [0.29, 0.717) is 4.83 Å². The Morgan fingerprint density at radius 3 is 2.35 bits per heavy atom. The van der Waals surface area contributed by atoms with Crippen LogP contribution in [0.15, 0.2) is 30.3 Å². The van der Waals surface area contributed by atoms with E-state index in [1.807, 2.05) is 0 Å². The van der Waals surface area contributed by atoms with Crippen molar-refractivity contribution in [1.29, 1.82) is 0 Å². The summed E-state index contributed by atoms with van der Waals surface area (Å²) in [6.07, 6.45) is 5.55. The van der Waals surface area contributed by atoms with E-state index in [2.05, 4.69) is 60.1 Å². The van der Waals surface area contributed by atoms with Gasteiger partial charge in [0, 0.05) is 4.83 Å². The lowest BCUT2D eigenvalue weighted by Crippen LogP contribution is -2.29. The zero-order chi connectivity index (χ0) is 12.3. The van der Waals surface area contributed by atoms with Gasteiger partial charge in [-0.3, -0.25) is 0 Å². The van der Waals surface area contributed by atoms with E-state index in [-0.39, 0.29) is 0 Å². The topological polar surface area (TPSA) is 0 Å². The van der Waals surface area contributed by atoms with E-state index in [9.17, 15) is 0 Å². The molecule has 1 saturated carbocycles. The van der Waals surface area contributed by atoms with Gasteiger partial charge in [0.25, 0.3) is 0 Å². The summed E-state index contributed by atoms with van der Waals surface area (Å²) in [5.41, 5.74) is 1.54. The Morgan fingerprint density at radius 1 is 1.06 bits per heavy atom. The van der Waals surface area contributed by atoms with Crippen LogP contribution in [-0.4, -0.2) is 4.83 Å². The molecule has 1 aromatic rings. The average Bonchev–Trinajstić information content (AvgIpc) is 2.39. The Morgan fingerprint density at radius 2 is 1.71 bits per heavy atom. The molecular formula is C16H23Br. The third kappa shape index (κ3) is 3.13. The monoisotopic (exact) mass is 294 g/mol. The first kappa shape index (κ1) is 13.1. The smallest absolute Gasteiger partial charge is 0.0202 e. The highest BCUT2D eigenvalue weighted by atomic mass is 79.9. The quantitative estimate of drug-likeness (QED) is 0.657. The summed E-state index contributed by atoms with van der Waals surface area (Å²) in [7, 11) is 0. The largest absolute Gasteiger partial charge is 0.0885 e. The van der Waals surface area contributed by atoms with Crippen molar-refractivity contribution in [3.05, 3.63) is 35.9 Å². The molecule has 2 rings (SSSR count). The minimum atomic E-state index is 0.660. The van der Waals surface area contributed by atoms with E-state index in [0.717, 1.165) is 17.8 Å². The van der Waals surface area contributed by atoms with Crippen molar-refractivity contribution in [1.82, 2.24) is 0 Å². The van der Waals surface area contributed by atoms with E-state index >= 15 is 0 Å². The fourth-order valence-corrected chi connectivity index (χ4v) is 3.78. The molecule has 0 bridgehead atoms. The van der Waals surface area contributed by atoms with Gasteiger partial charge in [-0.2, -0.15) is 0 Å². The lowest BCUT2D eigenvalue weighted by molar-refractivity contribution is 0.276. The second-order valence-electron chi connectivity index (χ2n) is 5.65. The molecule has 1 heteroatoms. The van der Waals surface area contributed by atoms with Gasteiger partial charge in [-0.05, 0) is 36.2 Å². The minimum Gasteiger partial charge on any atom is -0.0885 e. The second kappa shape index (κ2) is 6.04. The zero-order valence-electron chi connectivity index (χ0n) is 10.9. The molecule has 1 fully saturated rings. The molecule has 0 N–H and O–H groups in total. The van der Waals surface area contributed by atoms with Crippen LogP contribution in [0.1, 0.15) is 51.0 Å². The van der Waals surface area contributed by atoms with Gasteiger partial charge < -0.3 is 0 Å². The van der Waals surface area contributed by atoms with Gasteiger partial charge >= 0.3 is 0 Å². The summed E-state index contributed by atoms with van der Waals surface area (Å²) in [6.45, 7) is 4.66. The summed E-state index contributed by atoms with van der Waals surface area (Å²) in [5, 5.41) is 0. The Bertz CT molecular complexity index is 331. The van der Waals surface area contributed by atoms with Crippen molar-refractivity contribution in [2.24, 2.45) is 11.8 Å². The molecule has 0 aliphatic heterocycles. The molecule has 1 aromatic carbocycles. The SMILES string of the molecule is CC(C)C(Br)C1CCCCC1c1ccccc1. The Hall–Kier alpha value is -0.300. The molecule has 94 valence electrons. The van der Waals surface area contributed by atoms with Gasteiger partial charge in [-0.25, -0.2) is 0 Å². The lowest BCUT2D eigenvalue weighted by atomic mass is 9.72. The molecular weight excluding hydrogens is 272 g/mol. The predicted octanol–water partition coefficient (Wildman–Crippen LogP) is 5.38. The fourth-order valence-electron chi connectivity index (χ4n) is 3.15. The molecule has 0 nitrogen and oxygen atoms in total. The van der Waals surface area contributed by atoms with Crippen LogP contribution in [0.3, 0.4) is 0 Å². The van der Waals surface area contributed by atoms with Crippen molar-refractivity contribution in [2.45, 2.75) is 50.3 Å². The summed E-state index contributed by atoms with van der Waals surface area (Å²) in [6, 6.07) is 11.1. The second-order valence-corrected chi connectivity index (χ2v) is 6.71. The molecule has 0 aromatic heterocycles. The number of rotatable bonds is 3. The summed E-state index contributed by atoms with van der Waals surface area (Å²) < 4.78 is 0. The third-order valence-electron chi connectivity index (χ3n) is 4.09. The van der Waals surface area contributed by atoms with Gasteiger partial charge in [0.1, 0.15) is 0 Å². The van der Waals surface area contributed by atoms with Crippen molar-refractivity contribution in [3.63, 3.8) is 0 Å². The Kier molecular flexibility index (Phi) is 4.67. The van der Waals surface area contributed by atoms with Crippen LogP contribution < -0.4 is 0 Å². The van der Waals surface area contributed by atoms with E-state index < -0.39 is 0 Å². The molecule has 3 atom stereocenters. The van der Waals surface area contributed by atoms with Crippen molar-refractivity contribution >= 4 is 15.9 Å². The van der Waals surface area contributed by atoms with Crippen molar-refractivity contribution in [3.8, 4) is 0 Å². The fraction of sp³-hybridized carbons (Fsp3) is 0.625. The highest BCUT2D eigenvalue weighted by Gasteiger charge is 2.32. The van der Waals surface area contributed by atoms with Gasteiger partial charge in [0.2, 0.25) is 0 Å². The number of benzene rings is 1. The average molecular weight is 295 g/mol. The maximum atomic E-state index is 3.94. The van der Waals surface area contributed by atoms with Crippen molar-refractivity contribution in [2.75, 3.05) is 0 Å². The summed E-state index contributed by atoms with van der Waals surface area (Å²) in [4.78, 5) is 0.660. The van der Waals surface area contributed by atoms with Crippen LogP contribution in [0, 0.1) is 11.8 Å². The first-order valence-electron chi connectivity index (χ1n) is 6.89. The van der Waals surface area contributed by atoms with Crippen LogP contribution in [0.2, 0.25) is 0 Å². The summed E-state index contributed by atoms with van der Waals surface area (Å²) >= 11 is 3.94. The van der Waals surface area contributed by atoms with Crippen molar-refractivity contribution < 1.29 is 0 Å². The third-order valence-corrected chi connectivity index (χ3v) is 5.83. The predicted molar refractivity (Wildman–Crippen MR) is 78.7 cm³/mol. The van der Waals surface area contributed by atoms with Gasteiger partial charge in [0.05, 0.1) is 0 Å². The standard InChI is InChI=1S/C16H23Br/c1-12(2)16(17)15-11-7-6-10-14(15)13-8-4-3-5-9-13/h3-5,8-9,12,14-16H,6-7,10-11H2,1-2H3. The number of hydrogen-bond donors (Lipinski definition) is 0. The molecule has 0 heterocycles. The zero-order valence-corrected chi connectivity index (χ0v) is 12.5. The van der Waals surface area contributed by atoms with Crippen LogP contribution in [0.25, 0.3) is 0 Å². The molecule has 0 saturated heterocycles. The van der Waals surface area contributed by atoms with Crippen LogP contribution in [0.4, 0.5) is 0 Å². The maximum Gasteiger partial charge on any atom is 0.0202 e. The van der Waals surface area contributed by atoms with E-state index in [1.165, 1.54) is 25.7 Å². The molecule has 0 amide bonds. The normalized spacial score (nSPS) is 27.1. The Labute approximate surface area is 114 Å². The van der Waals surface area contributed by atoms with E-state index in [4.69, 9.17) is 0 Å². The molecule has 0 radical (unpaired) electrons. The number of halogens is 1. The lowest BCUT2D eigenvalue weighted by Gasteiger charge is -2.36. The van der Waals surface area contributed by atoms with Gasteiger partial charge in [-0.1, -0.05) is 73.0 Å². The Balaban J connectivity index is 2.18. The highest BCUT2D eigenvalue weighted by Crippen LogP contribution is 2.43. The van der Waals surface area contributed by atoms with Crippen LogP contribution in [0.5, 0.6) is 0 Å². The molecule has 3 unspecified atom stereocenters. The van der Waals surface area contributed by atoms with Gasteiger partial charge in [0.15, 0.2) is 0 Å². The number of alkyl halides is 1. The maximum absolute atomic E-state index is 3.94. The number of hydrogen-bond acceptors (Lipinski definition) is 0. The van der Waals surface area contributed by atoms with Crippen LogP contribution >= 0.6 is 15.9 Å². The van der Waals surface area contributed by atoms with E-state index in [1.54, 1.807) is 5.56 Å². The first-order valence-corrected chi connectivity index (χ1v) is 7.80. The van der Waals surface area contributed by atoms with Gasteiger partial charge in [-0.15, -0.1) is 0 Å². The first-order chi connectivity index (χ1) is 8.20. The van der Waals surface area contributed by atoms with Crippen LogP contribution in [-0.2, 0) is 0 Å².